The molecule has 0 saturated heterocycles. The molecule has 10 nitrogen and oxygen atoms in total. The Labute approximate surface area is 267 Å². The average Bonchev–Trinajstić information content (AvgIpc) is 3.06. The van der Waals surface area contributed by atoms with E-state index in [0.717, 1.165) is 6.07 Å². The van der Waals surface area contributed by atoms with Crippen LogP contribution in [0.25, 0.3) is 0 Å². The first-order valence-electron chi connectivity index (χ1n) is 14.6. The molecule has 0 fully saturated rings. The van der Waals surface area contributed by atoms with Gasteiger partial charge in [-0.25, -0.2) is 13.2 Å². The van der Waals surface area contributed by atoms with E-state index < -0.39 is 77.7 Å². The van der Waals surface area contributed by atoms with Gasteiger partial charge >= 0.3 is 17.8 Å². The maximum absolute atomic E-state index is 14.4. The fourth-order valence-corrected chi connectivity index (χ4v) is 4.38. The molecule has 47 heavy (non-hydrogen) atoms. The summed E-state index contributed by atoms with van der Waals surface area (Å²) in [4.78, 5) is 62.8. The van der Waals surface area contributed by atoms with Crippen molar-refractivity contribution in [2.24, 2.45) is 0 Å². The highest BCUT2D eigenvalue weighted by molar-refractivity contribution is 6.40. The smallest absolute Gasteiger partial charge is 0.313 e. The predicted molar refractivity (Wildman–Crippen MR) is 161 cm³/mol. The third-order valence-corrected chi connectivity index (χ3v) is 6.88. The fourth-order valence-electron chi connectivity index (χ4n) is 4.38. The zero-order valence-electron chi connectivity index (χ0n) is 25.6. The molecule has 3 aromatic carbocycles. The molecular formula is C33H33F4N3O7. The first-order chi connectivity index (χ1) is 22.4. The van der Waals surface area contributed by atoms with Gasteiger partial charge in [0.05, 0.1) is 18.3 Å². The Bertz CT molecular complexity index is 1620. The maximum atomic E-state index is 14.4. The number of esters is 1. The van der Waals surface area contributed by atoms with E-state index in [9.17, 15) is 41.5 Å². The number of carbonyl (C=O) groups is 5. The first kappa shape index (κ1) is 36.2. The summed E-state index contributed by atoms with van der Waals surface area (Å²) in [6.07, 6.45) is -0.436. The van der Waals surface area contributed by atoms with Crippen molar-refractivity contribution < 1.29 is 51.0 Å². The number of Topliss-reactive ketones (excluding diaryl/α,β-unsaturated/α-hetero) is 1. The van der Waals surface area contributed by atoms with E-state index in [2.05, 4.69) is 10.6 Å². The van der Waals surface area contributed by atoms with Crippen LogP contribution in [0.4, 0.5) is 23.2 Å². The Morgan fingerprint density at radius 2 is 1.55 bits per heavy atom. The minimum atomic E-state index is -1.53. The topological polar surface area (TPSA) is 140 Å². The van der Waals surface area contributed by atoms with E-state index in [1.54, 1.807) is 43.3 Å². The summed E-state index contributed by atoms with van der Waals surface area (Å²) in [6, 6.07) is 11.7. The van der Waals surface area contributed by atoms with Gasteiger partial charge in [-0.05, 0) is 36.5 Å². The highest BCUT2D eigenvalue weighted by atomic mass is 19.2. The number of ketones is 1. The van der Waals surface area contributed by atoms with E-state index in [1.165, 1.54) is 13.0 Å². The number of hydrogen-bond donors (Lipinski definition) is 3. The van der Waals surface area contributed by atoms with Gasteiger partial charge in [-0.15, -0.1) is 0 Å². The van der Waals surface area contributed by atoms with Crippen LogP contribution in [0, 0.1) is 23.3 Å². The van der Waals surface area contributed by atoms with E-state index in [0.29, 0.717) is 23.6 Å². The van der Waals surface area contributed by atoms with E-state index in [-0.39, 0.29) is 37.1 Å². The number of aryl methyl sites for hydroxylation is 1. The lowest BCUT2D eigenvalue weighted by Gasteiger charge is -2.19. The third-order valence-electron chi connectivity index (χ3n) is 6.88. The summed E-state index contributed by atoms with van der Waals surface area (Å²) in [6.45, 7) is 1.36. The minimum absolute atomic E-state index is 0.0569. The van der Waals surface area contributed by atoms with Crippen molar-refractivity contribution in [3.8, 4) is 5.75 Å². The molecule has 14 heteroatoms. The highest BCUT2D eigenvalue weighted by Gasteiger charge is 2.26. The summed E-state index contributed by atoms with van der Waals surface area (Å²) in [5, 5.41) is 6.50. The van der Waals surface area contributed by atoms with E-state index in [4.69, 9.17) is 9.47 Å². The van der Waals surface area contributed by atoms with Gasteiger partial charge in [0.25, 0.3) is 0 Å². The quantitative estimate of drug-likeness (QED) is 0.0967. The number of rotatable bonds is 15. The molecule has 250 valence electrons. The minimum Gasteiger partial charge on any atom is -0.482 e. The van der Waals surface area contributed by atoms with Gasteiger partial charge in [0.1, 0.15) is 24.8 Å². The van der Waals surface area contributed by atoms with Crippen LogP contribution < -0.4 is 20.7 Å². The molecule has 0 aliphatic heterocycles. The lowest BCUT2D eigenvalue weighted by Crippen LogP contribution is -2.48. The Kier molecular flexibility index (Phi) is 13.4. The summed E-state index contributed by atoms with van der Waals surface area (Å²) in [5.41, 5.74) is 0.628. The SMILES string of the molecule is CCc1cccc(F)c1NC(=O)C(=O)NCC(=O)N[C@@H](CCC(=O)OCc1ccccc1)C(=O)COc1c(F)c(F)cc(F)c1CC. The molecule has 0 spiro atoms. The summed E-state index contributed by atoms with van der Waals surface area (Å²) >= 11 is 0. The van der Waals surface area contributed by atoms with Gasteiger partial charge in [0, 0.05) is 18.1 Å². The molecule has 3 rings (SSSR count). The highest BCUT2D eigenvalue weighted by Crippen LogP contribution is 2.28. The fraction of sp³-hybridized carbons (Fsp3) is 0.303. The van der Waals surface area contributed by atoms with Crippen LogP contribution in [0.5, 0.6) is 5.75 Å². The summed E-state index contributed by atoms with van der Waals surface area (Å²) in [5.74, 6) is -10.8. The Hall–Kier alpha value is -5.27. The van der Waals surface area contributed by atoms with Crippen molar-refractivity contribution >= 4 is 35.2 Å². The van der Waals surface area contributed by atoms with Crippen molar-refractivity contribution in [3.05, 3.63) is 94.6 Å². The number of halogens is 4. The van der Waals surface area contributed by atoms with Crippen LogP contribution in [0.2, 0.25) is 0 Å². The molecular weight excluding hydrogens is 626 g/mol. The number of para-hydroxylation sites is 1. The van der Waals surface area contributed by atoms with Gasteiger partial charge in [0.15, 0.2) is 17.3 Å². The lowest BCUT2D eigenvalue weighted by atomic mass is 10.1. The molecule has 0 radical (unpaired) electrons. The van der Waals surface area contributed by atoms with Gasteiger partial charge in [0.2, 0.25) is 11.7 Å². The normalized spacial score (nSPS) is 11.3. The molecule has 0 aliphatic carbocycles. The van der Waals surface area contributed by atoms with Crippen molar-refractivity contribution in [2.45, 2.75) is 52.2 Å². The number of carbonyl (C=O) groups excluding carboxylic acids is 5. The second-order valence-corrected chi connectivity index (χ2v) is 10.1. The third kappa shape index (κ3) is 10.4. The second-order valence-electron chi connectivity index (χ2n) is 10.1. The number of nitrogens with one attached hydrogen (secondary N) is 3. The zero-order chi connectivity index (χ0) is 34.5. The van der Waals surface area contributed by atoms with Crippen LogP contribution in [0.3, 0.4) is 0 Å². The molecule has 3 N–H and O–H groups in total. The molecule has 1 atom stereocenters. The molecule has 0 bridgehead atoms. The number of hydrogen-bond acceptors (Lipinski definition) is 7. The average molecular weight is 660 g/mol. The van der Waals surface area contributed by atoms with Crippen LogP contribution in [0.1, 0.15) is 43.4 Å². The van der Waals surface area contributed by atoms with E-state index >= 15 is 0 Å². The Morgan fingerprint density at radius 1 is 0.830 bits per heavy atom. The molecule has 0 saturated carbocycles. The van der Waals surface area contributed by atoms with Crippen molar-refractivity contribution in [1.82, 2.24) is 10.6 Å². The molecule has 0 heterocycles. The van der Waals surface area contributed by atoms with E-state index in [1.807, 2.05) is 5.32 Å². The van der Waals surface area contributed by atoms with Gasteiger partial charge < -0.3 is 25.4 Å². The standard InChI is InChI=1S/C33H33F4N3O7/c1-3-20-11-8-12-22(34)30(20)40-33(45)32(44)38-16-27(42)39-25(13-14-28(43)46-17-19-9-6-5-7-10-19)26(41)18-47-31-21(4-2)23(35)15-24(36)29(31)37/h5-12,15,25H,3-4,13-14,16-18H2,1-2H3,(H,38,44)(H,39,42)(H,40,45)/t25-/m0/s1. The zero-order valence-corrected chi connectivity index (χ0v) is 25.6. The molecule has 0 aromatic heterocycles. The van der Waals surface area contributed by atoms with Crippen LogP contribution in [-0.2, 0) is 48.2 Å². The molecule has 0 aliphatic rings. The number of amides is 3. The maximum Gasteiger partial charge on any atom is 0.313 e. The van der Waals surface area contributed by atoms with Crippen molar-refractivity contribution in [1.29, 1.82) is 0 Å². The van der Waals surface area contributed by atoms with Crippen molar-refractivity contribution in [3.63, 3.8) is 0 Å². The largest absolute Gasteiger partial charge is 0.482 e. The first-order valence-corrected chi connectivity index (χ1v) is 14.6. The van der Waals surface area contributed by atoms with Crippen molar-refractivity contribution in [2.75, 3.05) is 18.5 Å². The molecule has 3 aromatic rings. The predicted octanol–water partition coefficient (Wildman–Crippen LogP) is 4.08. The van der Waals surface area contributed by atoms with Crippen LogP contribution in [-0.4, -0.2) is 48.7 Å². The van der Waals surface area contributed by atoms with Crippen LogP contribution >= 0.6 is 0 Å². The number of anilines is 1. The lowest BCUT2D eigenvalue weighted by molar-refractivity contribution is -0.145. The Morgan fingerprint density at radius 3 is 2.23 bits per heavy atom. The van der Waals surface area contributed by atoms with Crippen LogP contribution in [0.15, 0.2) is 54.6 Å². The number of ether oxygens (including phenoxy) is 2. The van der Waals surface area contributed by atoms with Gasteiger partial charge in [-0.3, -0.25) is 24.0 Å². The van der Waals surface area contributed by atoms with Gasteiger partial charge in [-0.2, -0.15) is 4.39 Å². The Balaban J connectivity index is 1.65. The number of benzene rings is 3. The monoisotopic (exact) mass is 659 g/mol. The summed E-state index contributed by atoms with van der Waals surface area (Å²) in [7, 11) is 0. The second kappa shape index (κ2) is 17.4. The van der Waals surface area contributed by atoms with Gasteiger partial charge in [-0.1, -0.05) is 56.3 Å². The summed E-state index contributed by atoms with van der Waals surface area (Å²) < 4.78 is 66.9. The molecule has 3 amide bonds. The molecule has 0 unspecified atom stereocenters.